The number of hydrogen-bond donors (Lipinski definition) is 1. The number of piperazine rings is 1. The van der Waals surface area contributed by atoms with Crippen molar-refractivity contribution in [2.75, 3.05) is 37.6 Å². The van der Waals surface area contributed by atoms with Gasteiger partial charge in [0.05, 0.1) is 6.54 Å². The first kappa shape index (κ1) is 19.1. The van der Waals surface area contributed by atoms with Gasteiger partial charge < -0.3 is 15.1 Å². The van der Waals surface area contributed by atoms with Crippen molar-refractivity contribution in [3.63, 3.8) is 0 Å². The fourth-order valence-electron chi connectivity index (χ4n) is 4.05. The molecule has 0 aromatic carbocycles. The van der Waals surface area contributed by atoms with Crippen molar-refractivity contribution in [3.05, 3.63) is 18.3 Å². The van der Waals surface area contributed by atoms with Crippen molar-refractivity contribution in [1.82, 2.24) is 20.2 Å². The Morgan fingerprint density at radius 2 is 1.93 bits per heavy atom. The second-order valence-corrected chi connectivity index (χ2v) is 8.63. The molecule has 0 spiro atoms. The third-order valence-electron chi connectivity index (χ3n) is 5.69. The molecule has 0 radical (unpaired) electrons. The number of pyridine rings is 1. The van der Waals surface area contributed by atoms with Crippen LogP contribution in [0.3, 0.4) is 0 Å². The molecule has 28 heavy (non-hydrogen) atoms. The van der Waals surface area contributed by atoms with Gasteiger partial charge in [0, 0.05) is 38.8 Å². The molecule has 2 amide bonds. The lowest BCUT2D eigenvalue weighted by atomic mass is 9.87. The molecule has 4 rings (SSSR count). The van der Waals surface area contributed by atoms with E-state index in [9.17, 15) is 9.59 Å². The van der Waals surface area contributed by atoms with Crippen LogP contribution in [0.2, 0.25) is 0 Å². The number of aromatic nitrogens is 2. The normalized spacial score (nSPS) is 18.4. The van der Waals surface area contributed by atoms with Crippen LogP contribution in [-0.2, 0) is 9.59 Å². The summed E-state index contributed by atoms with van der Waals surface area (Å²) in [7, 11) is 0. The summed E-state index contributed by atoms with van der Waals surface area (Å²) in [6, 6.07) is 3.86. The summed E-state index contributed by atoms with van der Waals surface area (Å²) in [6.45, 7) is 2.92. The Bertz CT molecular complexity index is 792. The molecule has 3 heterocycles. The van der Waals surface area contributed by atoms with Crippen LogP contribution in [0.4, 0.5) is 5.13 Å². The van der Waals surface area contributed by atoms with Crippen LogP contribution >= 0.6 is 11.3 Å². The molecule has 2 aromatic rings. The maximum absolute atomic E-state index is 12.4. The van der Waals surface area contributed by atoms with Gasteiger partial charge in [-0.2, -0.15) is 0 Å². The number of carbonyl (C=O) groups excluding carboxylic acids is 2. The van der Waals surface area contributed by atoms with Gasteiger partial charge in [-0.15, -0.1) is 0 Å². The van der Waals surface area contributed by atoms with E-state index in [1.54, 1.807) is 17.5 Å². The SMILES string of the molecule is O=C(CC1CCCCC1)NCC(=O)N1CCN(c2nc3cccnc3s2)CC1. The van der Waals surface area contributed by atoms with Crippen LogP contribution in [0.15, 0.2) is 18.3 Å². The molecular formula is C20H27N5O2S. The fourth-order valence-corrected chi connectivity index (χ4v) is 5.01. The van der Waals surface area contributed by atoms with Crippen LogP contribution < -0.4 is 10.2 Å². The van der Waals surface area contributed by atoms with Gasteiger partial charge >= 0.3 is 0 Å². The molecule has 1 aliphatic carbocycles. The lowest BCUT2D eigenvalue weighted by Gasteiger charge is -2.34. The van der Waals surface area contributed by atoms with Crippen LogP contribution in [0.25, 0.3) is 10.3 Å². The van der Waals surface area contributed by atoms with Gasteiger partial charge in [-0.3, -0.25) is 9.59 Å². The summed E-state index contributed by atoms with van der Waals surface area (Å²) in [4.78, 5) is 38.5. The zero-order valence-corrected chi connectivity index (χ0v) is 16.9. The van der Waals surface area contributed by atoms with Crippen LogP contribution in [0.1, 0.15) is 38.5 Å². The van der Waals surface area contributed by atoms with E-state index in [1.807, 2.05) is 17.0 Å². The average molecular weight is 402 g/mol. The fraction of sp³-hybridized carbons (Fsp3) is 0.600. The highest BCUT2D eigenvalue weighted by atomic mass is 32.1. The summed E-state index contributed by atoms with van der Waals surface area (Å²) in [5.41, 5.74) is 0.918. The van der Waals surface area contributed by atoms with Crippen molar-refractivity contribution < 1.29 is 9.59 Å². The van der Waals surface area contributed by atoms with E-state index < -0.39 is 0 Å². The van der Waals surface area contributed by atoms with Crippen molar-refractivity contribution in [2.45, 2.75) is 38.5 Å². The van der Waals surface area contributed by atoms with Gasteiger partial charge in [0.1, 0.15) is 10.3 Å². The lowest BCUT2D eigenvalue weighted by molar-refractivity contribution is -0.133. The Morgan fingerprint density at radius 1 is 1.14 bits per heavy atom. The molecule has 0 atom stereocenters. The van der Waals surface area contributed by atoms with Gasteiger partial charge in [-0.25, -0.2) is 9.97 Å². The third kappa shape index (κ3) is 4.60. The number of fused-ring (bicyclic) bond motifs is 1. The second-order valence-electron chi connectivity index (χ2n) is 7.68. The number of nitrogens with zero attached hydrogens (tertiary/aromatic N) is 4. The monoisotopic (exact) mass is 401 g/mol. The van der Waals surface area contributed by atoms with Crippen molar-refractivity contribution in [2.24, 2.45) is 5.92 Å². The molecule has 150 valence electrons. The van der Waals surface area contributed by atoms with Gasteiger partial charge in [0.25, 0.3) is 0 Å². The van der Waals surface area contributed by atoms with Gasteiger partial charge in [-0.1, -0.05) is 30.6 Å². The second kappa shape index (κ2) is 8.86. The summed E-state index contributed by atoms with van der Waals surface area (Å²) in [5, 5.41) is 3.79. The molecule has 8 heteroatoms. The average Bonchev–Trinajstić information content (AvgIpc) is 3.17. The number of nitrogens with one attached hydrogen (secondary N) is 1. The van der Waals surface area contributed by atoms with Crippen LogP contribution in [-0.4, -0.2) is 59.4 Å². The molecular weight excluding hydrogens is 374 g/mol. The van der Waals surface area contributed by atoms with Gasteiger partial charge in [0.2, 0.25) is 11.8 Å². The minimum absolute atomic E-state index is 0.00242. The third-order valence-corrected chi connectivity index (χ3v) is 6.73. The first-order chi connectivity index (χ1) is 13.7. The summed E-state index contributed by atoms with van der Waals surface area (Å²) >= 11 is 1.59. The van der Waals surface area contributed by atoms with Crippen molar-refractivity contribution >= 4 is 38.6 Å². The van der Waals surface area contributed by atoms with Crippen molar-refractivity contribution in [3.8, 4) is 0 Å². The predicted octanol–water partition coefficient (Wildman–Crippen LogP) is 2.43. The van der Waals surface area contributed by atoms with Crippen molar-refractivity contribution in [1.29, 1.82) is 0 Å². The van der Waals surface area contributed by atoms with E-state index in [2.05, 4.69) is 20.2 Å². The summed E-state index contributed by atoms with van der Waals surface area (Å²) in [6.07, 6.45) is 8.37. The zero-order valence-electron chi connectivity index (χ0n) is 16.1. The zero-order chi connectivity index (χ0) is 19.3. The highest BCUT2D eigenvalue weighted by Crippen LogP contribution is 2.28. The number of carbonyl (C=O) groups is 2. The Hall–Kier alpha value is -2.22. The maximum Gasteiger partial charge on any atom is 0.242 e. The molecule has 2 aromatic heterocycles. The molecule has 1 aliphatic heterocycles. The van der Waals surface area contributed by atoms with E-state index in [4.69, 9.17) is 0 Å². The number of amides is 2. The molecule has 1 saturated heterocycles. The number of anilines is 1. The number of thiazole rings is 1. The Balaban J connectivity index is 1.22. The molecule has 0 bridgehead atoms. The predicted molar refractivity (Wildman–Crippen MR) is 110 cm³/mol. The minimum atomic E-state index is 0.00242. The molecule has 1 saturated carbocycles. The quantitative estimate of drug-likeness (QED) is 0.833. The summed E-state index contributed by atoms with van der Waals surface area (Å²) in [5.74, 6) is 0.513. The summed E-state index contributed by atoms with van der Waals surface area (Å²) < 4.78 is 0. The molecule has 2 fully saturated rings. The first-order valence-corrected chi connectivity index (χ1v) is 11.0. The van der Waals surface area contributed by atoms with Gasteiger partial charge in [-0.05, 0) is 30.9 Å². The standard InChI is InChI=1S/C20H27N5O2S/c26-17(13-15-5-2-1-3-6-15)22-14-18(27)24-9-11-25(12-10-24)20-23-16-7-4-8-21-19(16)28-20/h4,7-8,15H,1-3,5-6,9-14H2,(H,22,26). The van der Waals surface area contributed by atoms with E-state index in [-0.39, 0.29) is 18.4 Å². The Kier molecular flexibility index (Phi) is 6.04. The van der Waals surface area contributed by atoms with Gasteiger partial charge in [0.15, 0.2) is 5.13 Å². The van der Waals surface area contributed by atoms with E-state index >= 15 is 0 Å². The lowest BCUT2D eigenvalue weighted by Crippen LogP contribution is -2.51. The molecule has 0 unspecified atom stereocenters. The smallest absolute Gasteiger partial charge is 0.242 e. The number of rotatable bonds is 5. The van der Waals surface area contributed by atoms with E-state index in [0.29, 0.717) is 25.4 Å². The largest absolute Gasteiger partial charge is 0.347 e. The molecule has 1 N–H and O–H groups in total. The van der Waals surface area contributed by atoms with E-state index in [1.165, 1.54) is 19.3 Å². The molecule has 7 nitrogen and oxygen atoms in total. The number of hydrogen-bond acceptors (Lipinski definition) is 6. The first-order valence-electron chi connectivity index (χ1n) is 10.2. The highest BCUT2D eigenvalue weighted by Gasteiger charge is 2.24. The van der Waals surface area contributed by atoms with E-state index in [0.717, 1.165) is 41.4 Å². The Morgan fingerprint density at radius 3 is 2.68 bits per heavy atom. The highest BCUT2D eigenvalue weighted by molar-refractivity contribution is 7.21. The minimum Gasteiger partial charge on any atom is -0.347 e. The topological polar surface area (TPSA) is 78.4 Å². The maximum atomic E-state index is 12.4. The molecule has 2 aliphatic rings. The Labute approximate surface area is 169 Å². The van der Waals surface area contributed by atoms with Crippen LogP contribution in [0.5, 0.6) is 0 Å². The van der Waals surface area contributed by atoms with Crippen LogP contribution in [0, 0.1) is 5.92 Å².